The molecule has 0 aliphatic heterocycles. The Morgan fingerprint density at radius 2 is 1.80 bits per heavy atom. The first-order chi connectivity index (χ1) is 7.10. The highest BCUT2D eigenvalue weighted by Gasteiger charge is 2.09. The van der Waals surface area contributed by atoms with Crippen LogP contribution in [0, 0.1) is 13.8 Å². The molecular formula is C13H22N2. The van der Waals surface area contributed by atoms with Crippen molar-refractivity contribution in [3.05, 3.63) is 23.3 Å². The van der Waals surface area contributed by atoms with Crippen LogP contribution in [0.3, 0.4) is 0 Å². The fourth-order valence-electron chi connectivity index (χ4n) is 1.78. The molecule has 84 valence electrons. The minimum atomic E-state index is 0.546. The lowest BCUT2D eigenvalue weighted by Crippen LogP contribution is -2.18. The summed E-state index contributed by atoms with van der Waals surface area (Å²) in [4.78, 5) is 0. The number of nitrogens with two attached hydrogens (primary N) is 1. The first-order valence-corrected chi connectivity index (χ1v) is 5.72. The lowest BCUT2D eigenvalue weighted by molar-refractivity contribution is 0.670. The molecule has 0 unspecified atom stereocenters. The van der Waals surface area contributed by atoms with Gasteiger partial charge in [-0.05, 0) is 43.9 Å². The lowest BCUT2D eigenvalue weighted by atomic mass is 10.0. The maximum atomic E-state index is 5.91. The zero-order chi connectivity index (χ0) is 11.4. The van der Waals surface area contributed by atoms with E-state index in [0.29, 0.717) is 6.04 Å². The Balaban J connectivity index is 2.97. The molecule has 2 nitrogen and oxygen atoms in total. The van der Waals surface area contributed by atoms with E-state index < -0.39 is 0 Å². The fraction of sp³-hybridized carbons (Fsp3) is 0.538. The van der Waals surface area contributed by atoms with Crippen LogP contribution in [0.15, 0.2) is 12.1 Å². The number of anilines is 2. The number of benzene rings is 1. The first-order valence-electron chi connectivity index (χ1n) is 5.72. The fourth-order valence-corrected chi connectivity index (χ4v) is 1.78. The number of hydrogen-bond donors (Lipinski definition) is 2. The summed E-state index contributed by atoms with van der Waals surface area (Å²) in [5.74, 6) is 0. The summed E-state index contributed by atoms with van der Waals surface area (Å²) in [5.41, 5.74) is 10.4. The molecule has 2 heteroatoms. The van der Waals surface area contributed by atoms with E-state index in [1.54, 1.807) is 0 Å². The van der Waals surface area contributed by atoms with Gasteiger partial charge in [-0.3, -0.25) is 0 Å². The number of hydrogen-bond acceptors (Lipinski definition) is 2. The second-order valence-corrected chi connectivity index (χ2v) is 4.13. The molecule has 0 amide bonds. The summed E-state index contributed by atoms with van der Waals surface area (Å²) in [7, 11) is 0. The maximum Gasteiger partial charge on any atom is 0.0422 e. The van der Waals surface area contributed by atoms with Crippen LogP contribution in [-0.2, 0) is 0 Å². The Labute approximate surface area is 92.9 Å². The van der Waals surface area contributed by atoms with E-state index in [4.69, 9.17) is 5.73 Å². The monoisotopic (exact) mass is 206 g/mol. The van der Waals surface area contributed by atoms with E-state index in [0.717, 1.165) is 18.5 Å². The molecule has 0 aliphatic carbocycles. The summed E-state index contributed by atoms with van der Waals surface area (Å²) < 4.78 is 0. The zero-order valence-electron chi connectivity index (χ0n) is 10.2. The number of nitrogens with one attached hydrogen (secondary N) is 1. The van der Waals surface area contributed by atoms with Crippen molar-refractivity contribution in [1.29, 1.82) is 0 Å². The molecule has 0 atom stereocenters. The largest absolute Gasteiger partial charge is 0.398 e. The predicted octanol–water partition coefficient (Wildman–Crippen LogP) is 3.49. The van der Waals surface area contributed by atoms with Crippen molar-refractivity contribution < 1.29 is 0 Å². The summed E-state index contributed by atoms with van der Waals surface area (Å²) in [6.07, 6.45) is 2.29. The van der Waals surface area contributed by atoms with Crippen LogP contribution in [0.2, 0.25) is 0 Å². The Kier molecular flexibility index (Phi) is 4.01. The highest BCUT2D eigenvalue weighted by atomic mass is 14.9. The van der Waals surface area contributed by atoms with Crippen LogP contribution in [0.5, 0.6) is 0 Å². The lowest BCUT2D eigenvalue weighted by Gasteiger charge is -2.20. The average Bonchev–Trinajstić information content (AvgIpc) is 2.24. The van der Waals surface area contributed by atoms with E-state index in [-0.39, 0.29) is 0 Å². The average molecular weight is 206 g/mol. The summed E-state index contributed by atoms with van der Waals surface area (Å²) in [6.45, 7) is 8.61. The second kappa shape index (κ2) is 5.06. The SMILES string of the molecule is CCC(CC)Nc1c(C)ccc(N)c1C. The van der Waals surface area contributed by atoms with Crippen molar-refractivity contribution in [2.75, 3.05) is 11.1 Å². The molecule has 1 rings (SSSR count). The minimum absolute atomic E-state index is 0.546. The molecule has 0 radical (unpaired) electrons. The molecule has 3 N–H and O–H groups in total. The molecule has 0 bridgehead atoms. The highest BCUT2D eigenvalue weighted by Crippen LogP contribution is 2.26. The van der Waals surface area contributed by atoms with Gasteiger partial charge in [0, 0.05) is 17.4 Å². The van der Waals surface area contributed by atoms with Crippen LogP contribution < -0.4 is 11.1 Å². The number of nitrogen functional groups attached to an aromatic ring is 1. The third-order valence-corrected chi connectivity index (χ3v) is 3.05. The Bertz CT molecular complexity index is 328. The van der Waals surface area contributed by atoms with Crippen LogP contribution in [0.25, 0.3) is 0 Å². The van der Waals surface area contributed by atoms with E-state index in [9.17, 15) is 0 Å². The zero-order valence-corrected chi connectivity index (χ0v) is 10.2. The summed E-state index contributed by atoms with van der Waals surface area (Å²) in [6, 6.07) is 4.60. The van der Waals surface area contributed by atoms with Crippen molar-refractivity contribution in [2.24, 2.45) is 0 Å². The normalized spacial score (nSPS) is 10.7. The Hall–Kier alpha value is -1.18. The standard InChI is InChI=1S/C13H22N2/c1-5-11(6-2)15-13-9(3)7-8-12(14)10(13)4/h7-8,11,15H,5-6,14H2,1-4H3. The van der Waals surface area contributed by atoms with E-state index in [1.807, 2.05) is 6.07 Å². The van der Waals surface area contributed by atoms with Crippen LogP contribution in [0.1, 0.15) is 37.8 Å². The molecule has 0 spiro atoms. The van der Waals surface area contributed by atoms with Crippen molar-refractivity contribution in [2.45, 2.75) is 46.6 Å². The molecule has 0 saturated carbocycles. The van der Waals surface area contributed by atoms with Gasteiger partial charge in [-0.1, -0.05) is 19.9 Å². The van der Waals surface area contributed by atoms with Gasteiger partial charge in [0.2, 0.25) is 0 Å². The quantitative estimate of drug-likeness (QED) is 0.740. The van der Waals surface area contributed by atoms with Gasteiger partial charge in [-0.2, -0.15) is 0 Å². The molecule has 0 aromatic heterocycles. The van der Waals surface area contributed by atoms with Gasteiger partial charge < -0.3 is 11.1 Å². The van der Waals surface area contributed by atoms with Crippen LogP contribution >= 0.6 is 0 Å². The molecule has 0 saturated heterocycles. The minimum Gasteiger partial charge on any atom is -0.398 e. The Morgan fingerprint density at radius 1 is 1.20 bits per heavy atom. The van der Waals surface area contributed by atoms with Gasteiger partial charge in [0.05, 0.1) is 0 Å². The van der Waals surface area contributed by atoms with Crippen molar-refractivity contribution in [3.63, 3.8) is 0 Å². The smallest absolute Gasteiger partial charge is 0.0422 e. The third-order valence-electron chi connectivity index (χ3n) is 3.05. The molecule has 0 aliphatic rings. The maximum absolute atomic E-state index is 5.91. The molecule has 1 aromatic carbocycles. The number of aryl methyl sites for hydroxylation is 1. The van der Waals surface area contributed by atoms with Crippen LogP contribution in [-0.4, -0.2) is 6.04 Å². The molecule has 15 heavy (non-hydrogen) atoms. The van der Waals surface area contributed by atoms with E-state index in [2.05, 4.69) is 39.1 Å². The molecule has 0 fully saturated rings. The van der Waals surface area contributed by atoms with Gasteiger partial charge in [-0.25, -0.2) is 0 Å². The van der Waals surface area contributed by atoms with E-state index >= 15 is 0 Å². The van der Waals surface area contributed by atoms with Gasteiger partial charge in [0.25, 0.3) is 0 Å². The van der Waals surface area contributed by atoms with Gasteiger partial charge in [0.15, 0.2) is 0 Å². The van der Waals surface area contributed by atoms with Crippen molar-refractivity contribution in [1.82, 2.24) is 0 Å². The van der Waals surface area contributed by atoms with Gasteiger partial charge in [-0.15, -0.1) is 0 Å². The molecule has 1 aromatic rings. The number of rotatable bonds is 4. The van der Waals surface area contributed by atoms with E-state index in [1.165, 1.54) is 16.8 Å². The first kappa shape index (κ1) is 11.9. The summed E-state index contributed by atoms with van der Waals surface area (Å²) >= 11 is 0. The third kappa shape index (κ3) is 2.65. The van der Waals surface area contributed by atoms with Crippen molar-refractivity contribution in [3.8, 4) is 0 Å². The van der Waals surface area contributed by atoms with Crippen molar-refractivity contribution >= 4 is 11.4 Å². The molecular weight excluding hydrogens is 184 g/mol. The molecule has 0 heterocycles. The Morgan fingerprint density at radius 3 is 2.33 bits per heavy atom. The van der Waals surface area contributed by atoms with Crippen LogP contribution in [0.4, 0.5) is 11.4 Å². The summed E-state index contributed by atoms with van der Waals surface area (Å²) in [5, 5.41) is 3.58. The van der Waals surface area contributed by atoms with Gasteiger partial charge >= 0.3 is 0 Å². The highest BCUT2D eigenvalue weighted by molar-refractivity contribution is 5.67. The topological polar surface area (TPSA) is 38.0 Å². The predicted molar refractivity (Wildman–Crippen MR) is 68.3 cm³/mol. The second-order valence-electron chi connectivity index (χ2n) is 4.13. The van der Waals surface area contributed by atoms with Gasteiger partial charge in [0.1, 0.15) is 0 Å².